The number of nitrogens with one attached hydrogen (secondary N) is 1. The molecule has 196 valence electrons. The van der Waals surface area contributed by atoms with Gasteiger partial charge in [0.25, 0.3) is 5.56 Å². The van der Waals surface area contributed by atoms with E-state index in [1.165, 1.54) is 0 Å². The van der Waals surface area contributed by atoms with Crippen LogP contribution in [-0.4, -0.2) is 48.4 Å². The van der Waals surface area contributed by atoms with Gasteiger partial charge < -0.3 is 30.5 Å². The van der Waals surface area contributed by atoms with Crippen molar-refractivity contribution in [3.05, 3.63) is 112 Å². The third kappa shape index (κ3) is 4.57. The van der Waals surface area contributed by atoms with Crippen LogP contribution in [0.25, 0.3) is 0 Å². The largest absolute Gasteiger partial charge is 0.497 e. The van der Waals surface area contributed by atoms with Crippen molar-refractivity contribution >= 4 is 17.5 Å². The Balaban J connectivity index is 1.74. The third-order valence-electron chi connectivity index (χ3n) is 6.82. The molecular formula is C29H31N5O4. The lowest BCUT2D eigenvalue weighted by atomic mass is 9.77. The number of aliphatic hydroxyl groups is 1. The van der Waals surface area contributed by atoms with E-state index in [0.717, 1.165) is 22.4 Å². The topological polar surface area (TPSA) is 115 Å². The highest BCUT2D eigenvalue weighted by atomic mass is 16.5. The second-order valence-electron chi connectivity index (χ2n) is 9.06. The van der Waals surface area contributed by atoms with Crippen molar-refractivity contribution in [2.45, 2.75) is 12.0 Å². The van der Waals surface area contributed by atoms with E-state index in [-0.39, 0.29) is 31.5 Å². The Morgan fingerprint density at radius 1 is 1.00 bits per heavy atom. The van der Waals surface area contributed by atoms with Crippen molar-refractivity contribution < 1.29 is 14.6 Å². The summed E-state index contributed by atoms with van der Waals surface area (Å²) in [6, 6.07) is 27.6. The molecule has 1 aliphatic rings. The second kappa shape index (κ2) is 11.0. The summed E-state index contributed by atoms with van der Waals surface area (Å²) in [4.78, 5) is 20.8. The van der Waals surface area contributed by atoms with Crippen molar-refractivity contribution in [3.8, 4) is 5.75 Å². The molecule has 0 radical (unpaired) electrons. The molecule has 0 spiro atoms. The fourth-order valence-electron chi connectivity index (χ4n) is 5.05. The Hall–Kier alpha value is -4.34. The number of ether oxygens (including phenoxy) is 2. The number of nitrogen functional groups attached to an aromatic ring is 1. The van der Waals surface area contributed by atoms with Gasteiger partial charge in [-0.2, -0.15) is 4.98 Å². The van der Waals surface area contributed by atoms with E-state index >= 15 is 0 Å². The third-order valence-corrected chi connectivity index (χ3v) is 6.82. The number of hydrogen-bond donors (Lipinski definition) is 3. The predicted molar refractivity (Wildman–Crippen MR) is 148 cm³/mol. The van der Waals surface area contributed by atoms with Gasteiger partial charge in [-0.3, -0.25) is 9.36 Å². The molecule has 0 unspecified atom stereocenters. The summed E-state index contributed by atoms with van der Waals surface area (Å²) in [7, 11) is 1.63. The van der Waals surface area contributed by atoms with Crippen LogP contribution in [0, 0.1) is 0 Å². The molecule has 0 atom stereocenters. The highest BCUT2D eigenvalue weighted by Gasteiger charge is 2.41. The molecule has 3 aromatic carbocycles. The Labute approximate surface area is 221 Å². The summed E-state index contributed by atoms with van der Waals surface area (Å²) in [5.74, 6) is 1.27. The van der Waals surface area contributed by atoms with Crippen LogP contribution in [0.3, 0.4) is 0 Å². The van der Waals surface area contributed by atoms with Crippen LogP contribution in [0.5, 0.6) is 5.75 Å². The highest BCUT2D eigenvalue weighted by molar-refractivity contribution is 5.71. The maximum absolute atomic E-state index is 14.3. The molecular weight excluding hydrogens is 482 g/mol. The van der Waals surface area contributed by atoms with E-state index in [9.17, 15) is 4.79 Å². The molecule has 0 fully saturated rings. The van der Waals surface area contributed by atoms with E-state index in [1.807, 2.05) is 84.9 Å². The van der Waals surface area contributed by atoms with Gasteiger partial charge in [-0.1, -0.05) is 72.8 Å². The Morgan fingerprint density at radius 2 is 1.63 bits per heavy atom. The Kier molecular flexibility index (Phi) is 7.30. The van der Waals surface area contributed by atoms with Gasteiger partial charge in [0.15, 0.2) is 5.82 Å². The average molecular weight is 514 g/mol. The molecule has 0 saturated heterocycles. The first-order valence-corrected chi connectivity index (χ1v) is 12.4. The maximum Gasteiger partial charge on any atom is 0.281 e. The first-order chi connectivity index (χ1) is 18.6. The number of benzene rings is 3. The molecule has 0 saturated carbocycles. The number of hydrogen-bond acceptors (Lipinski definition) is 8. The van der Waals surface area contributed by atoms with Crippen molar-refractivity contribution in [2.24, 2.45) is 0 Å². The van der Waals surface area contributed by atoms with Gasteiger partial charge >= 0.3 is 0 Å². The molecule has 4 N–H and O–H groups in total. The summed E-state index contributed by atoms with van der Waals surface area (Å²) >= 11 is 0. The summed E-state index contributed by atoms with van der Waals surface area (Å²) in [5.41, 5.74) is 8.55. The number of anilines is 3. The van der Waals surface area contributed by atoms with E-state index in [0.29, 0.717) is 24.6 Å². The van der Waals surface area contributed by atoms with Gasteiger partial charge in [0.2, 0.25) is 5.95 Å². The summed E-state index contributed by atoms with van der Waals surface area (Å²) in [6.45, 7) is 0.609. The first kappa shape index (κ1) is 25.3. The van der Waals surface area contributed by atoms with Crippen LogP contribution in [0.2, 0.25) is 0 Å². The normalized spacial score (nSPS) is 12.7. The summed E-state index contributed by atoms with van der Waals surface area (Å²) < 4.78 is 12.4. The van der Waals surface area contributed by atoms with Gasteiger partial charge in [-0.15, -0.1) is 0 Å². The van der Waals surface area contributed by atoms with Gasteiger partial charge in [0, 0.05) is 6.42 Å². The van der Waals surface area contributed by atoms with Crippen molar-refractivity contribution in [2.75, 3.05) is 49.7 Å². The average Bonchev–Trinajstić information content (AvgIpc) is 3.36. The molecule has 1 aliphatic heterocycles. The van der Waals surface area contributed by atoms with Crippen LogP contribution < -0.4 is 26.2 Å². The second-order valence-corrected chi connectivity index (χ2v) is 9.06. The van der Waals surface area contributed by atoms with Crippen LogP contribution >= 0.6 is 0 Å². The number of nitrogens with two attached hydrogens (primary N) is 1. The number of aromatic nitrogens is 2. The first-order valence-electron chi connectivity index (χ1n) is 12.4. The molecule has 5 rings (SSSR count). The van der Waals surface area contributed by atoms with Crippen LogP contribution in [-0.2, 0) is 16.7 Å². The van der Waals surface area contributed by atoms with Crippen molar-refractivity contribution in [1.82, 2.24) is 9.55 Å². The van der Waals surface area contributed by atoms with Crippen LogP contribution in [0.15, 0.2) is 89.7 Å². The SMILES string of the molecule is COc1ccc(CC(c2ccccc2)(c2ccccc2)n2c(N)nc3c(c2=O)NCN3COCCO)cc1. The molecule has 0 bridgehead atoms. The number of rotatable bonds is 10. The monoisotopic (exact) mass is 513 g/mol. The number of aliphatic hydroxyl groups excluding tert-OH is 1. The minimum atomic E-state index is -0.997. The lowest BCUT2D eigenvalue weighted by molar-refractivity contribution is 0.0934. The number of fused-ring (bicyclic) bond motifs is 1. The minimum absolute atomic E-state index is 0.0887. The Morgan fingerprint density at radius 3 is 2.21 bits per heavy atom. The van der Waals surface area contributed by atoms with Gasteiger partial charge in [0.05, 0.1) is 27.0 Å². The zero-order chi connectivity index (χ0) is 26.5. The van der Waals surface area contributed by atoms with Crippen LogP contribution in [0.1, 0.15) is 16.7 Å². The highest BCUT2D eigenvalue weighted by Crippen LogP contribution is 2.40. The fourth-order valence-corrected chi connectivity index (χ4v) is 5.05. The molecule has 2 heterocycles. The fraction of sp³-hybridized carbons (Fsp3) is 0.241. The molecule has 4 aromatic rings. The maximum atomic E-state index is 14.3. The molecule has 0 aliphatic carbocycles. The van der Waals surface area contributed by atoms with Gasteiger partial charge in [-0.25, -0.2) is 0 Å². The van der Waals surface area contributed by atoms with Crippen molar-refractivity contribution in [3.63, 3.8) is 0 Å². The predicted octanol–water partition coefficient (Wildman–Crippen LogP) is 3.02. The van der Waals surface area contributed by atoms with E-state index in [2.05, 4.69) is 5.32 Å². The number of nitrogens with zero attached hydrogens (tertiary/aromatic N) is 3. The molecule has 38 heavy (non-hydrogen) atoms. The minimum Gasteiger partial charge on any atom is -0.497 e. The Bertz CT molecular complexity index is 1390. The summed E-state index contributed by atoms with van der Waals surface area (Å²) in [5, 5.41) is 12.2. The summed E-state index contributed by atoms with van der Waals surface area (Å²) in [6.07, 6.45) is 0.443. The van der Waals surface area contributed by atoms with E-state index < -0.39 is 5.54 Å². The molecule has 9 heteroatoms. The van der Waals surface area contributed by atoms with E-state index in [1.54, 1.807) is 16.6 Å². The zero-order valence-electron chi connectivity index (χ0n) is 21.2. The smallest absolute Gasteiger partial charge is 0.281 e. The van der Waals surface area contributed by atoms with Gasteiger partial charge in [0.1, 0.15) is 23.7 Å². The van der Waals surface area contributed by atoms with E-state index in [4.69, 9.17) is 25.3 Å². The lowest BCUT2D eigenvalue weighted by Gasteiger charge is -2.38. The standard InChI is InChI=1S/C29H31N5O4/c1-37-24-14-12-21(13-15-24)18-29(22-8-4-2-5-9-22,23-10-6-3-7-11-23)34-27(36)25-26(32-28(34)30)33(19-31-25)20-38-17-16-35/h2-15,31,35H,16-20H2,1H3,(H2,30,32). The number of methoxy groups -OCH3 is 1. The molecule has 0 amide bonds. The van der Waals surface area contributed by atoms with Gasteiger partial charge in [-0.05, 0) is 28.8 Å². The quantitative estimate of drug-likeness (QED) is 0.277. The van der Waals surface area contributed by atoms with Crippen molar-refractivity contribution in [1.29, 1.82) is 0 Å². The lowest BCUT2D eigenvalue weighted by Crippen LogP contribution is -2.46. The zero-order valence-corrected chi connectivity index (χ0v) is 21.2. The van der Waals surface area contributed by atoms with Crippen LogP contribution in [0.4, 0.5) is 17.5 Å². The molecule has 9 nitrogen and oxygen atoms in total. The molecule has 1 aromatic heterocycles.